The molecule has 0 spiro atoms. The van der Waals surface area contributed by atoms with Crippen LogP contribution in [-0.2, 0) is 10.0 Å². The summed E-state index contributed by atoms with van der Waals surface area (Å²) in [6.07, 6.45) is 6.55. The maximum absolute atomic E-state index is 12.7. The molecular formula is C16H20N2O4S. The summed E-state index contributed by atoms with van der Waals surface area (Å²) in [5, 5.41) is 10.7. The molecule has 4 bridgehead atoms. The van der Waals surface area contributed by atoms with Gasteiger partial charge in [0.2, 0.25) is 10.0 Å². The molecule has 0 amide bonds. The molecule has 4 aliphatic rings. The van der Waals surface area contributed by atoms with E-state index in [4.69, 9.17) is 0 Å². The molecule has 5 rings (SSSR count). The number of nitro groups is 1. The van der Waals surface area contributed by atoms with Crippen LogP contribution >= 0.6 is 0 Å². The van der Waals surface area contributed by atoms with Crippen molar-refractivity contribution in [2.24, 2.45) is 17.8 Å². The summed E-state index contributed by atoms with van der Waals surface area (Å²) in [6.45, 7) is 0. The van der Waals surface area contributed by atoms with Crippen molar-refractivity contribution in [3.8, 4) is 0 Å². The number of nitrogens with zero attached hydrogens (tertiary/aromatic N) is 1. The van der Waals surface area contributed by atoms with Gasteiger partial charge in [-0.1, -0.05) is 0 Å². The highest BCUT2D eigenvalue weighted by atomic mass is 32.2. The summed E-state index contributed by atoms with van der Waals surface area (Å²) in [5.74, 6) is 1.96. The molecule has 4 fully saturated rings. The second-order valence-corrected chi connectivity index (χ2v) is 9.24. The van der Waals surface area contributed by atoms with Crippen LogP contribution in [-0.4, -0.2) is 18.9 Å². The van der Waals surface area contributed by atoms with Crippen LogP contribution in [0.5, 0.6) is 0 Å². The second kappa shape index (κ2) is 5.01. The van der Waals surface area contributed by atoms with Crippen LogP contribution in [0.2, 0.25) is 0 Å². The molecule has 0 aliphatic heterocycles. The molecule has 0 saturated heterocycles. The minimum atomic E-state index is -3.64. The maximum atomic E-state index is 12.7. The summed E-state index contributed by atoms with van der Waals surface area (Å²) in [5.41, 5.74) is -0.395. The van der Waals surface area contributed by atoms with E-state index >= 15 is 0 Å². The van der Waals surface area contributed by atoms with Crippen LogP contribution in [0.1, 0.15) is 38.5 Å². The van der Waals surface area contributed by atoms with Gasteiger partial charge in [-0.3, -0.25) is 10.1 Å². The molecule has 7 heteroatoms. The normalized spacial score (nSPS) is 35.4. The predicted molar refractivity (Wildman–Crippen MR) is 84.3 cm³/mol. The van der Waals surface area contributed by atoms with Gasteiger partial charge in [-0.2, -0.15) is 0 Å². The van der Waals surface area contributed by atoms with Crippen molar-refractivity contribution in [3.63, 3.8) is 0 Å². The van der Waals surface area contributed by atoms with Gasteiger partial charge < -0.3 is 0 Å². The summed E-state index contributed by atoms with van der Waals surface area (Å²) < 4.78 is 28.4. The van der Waals surface area contributed by atoms with Crippen molar-refractivity contribution in [1.29, 1.82) is 0 Å². The number of sulfonamides is 1. The number of nitro benzene ring substituents is 1. The third-order valence-electron chi connectivity index (χ3n) is 5.75. The molecule has 0 aromatic heterocycles. The van der Waals surface area contributed by atoms with Gasteiger partial charge in [0.15, 0.2) is 0 Å². The van der Waals surface area contributed by atoms with E-state index in [-0.39, 0.29) is 16.1 Å². The SMILES string of the molecule is O=[N+]([O-])c1ccc(S(=O)(=O)NC23CC4CC(CC(C4)C2)C3)cc1. The van der Waals surface area contributed by atoms with E-state index in [1.54, 1.807) is 0 Å². The first-order chi connectivity index (χ1) is 10.9. The topological polar surface area (TPSA) is 89.3 Å². The highest BCUT2D eigenvalue weighted by Gasteiger charge is 2.52. The average Bonchev–Trinajstić information content (AvgIpc) is 2.44. The highest BCUT2D eigenvalue weighted by Crippen LogP contribution is 2.55. The van der Waals surface area contributed by atoms with Crippen LogP contribution in [0, 0.1) is 27.9 Å². The second-order valence-electron chi connectivity index (χ2n) is 7.55. The Labute approximate surface area is 135 Å². The van der Waals surface area contributed by atoms with Crippen LogP contribution < -0.4 is 4.72 Å². The summed E-state index contributed by atoms with van der Waals surface area (Å²) >= 11 is 0. The van der Waals surface area contributed by atoms with E-state index in [0.717, 1.165) is 19.3 Å². The largest absolute Gasteiger partial charge is 0.269 e. The number of hydrogen-bond acceptors (Lipinski definition) is 4. The van der Waals surface area contributed by atoms with Crippen molar-refractivity contribution >= 4 is 15.7 Å². The molecule has 124 valence electrons. The zero-order chi connectivity index (χ0) is 16.2. The van der Waals surface area contributed by atoms with E-state index in [9.17, 15) is 18.5 Å². The third-order valence-corrected chi connectivity index (χ3v) is 7.34. The Balaban J connectivity index is 1.59. The fourth-order valence-corrected chi connectivity index (χ4v) is 6.76. The minimum Gasteiger partial charge on any atom is -0.258 e. The van der Waals surface area contributed by atoms with Gasteiger partial charge in [0.1, 0.15) is 0 Å². The lowest BCUT2D eigenvalue weighted by Crippen LogP contribution is -2.59. The molecular weight excluding hydrogens is 316 g/mol. The molecule has 4 saturated carbocycles. The molecule has 0 radical (unpaired) electrons. The van der Waals surface area contributed by atoms with Crippen molar-refractivity contribution in [2.75, 3.05) is 0 Å². The number of nitrogens with one attached hydrogen (secondary N) is 1. The molecule has 1 aromatic carbocycles. The van der Waals surface area contributed by atoms with Gasteiger partial charge in [0.05, 0.1) is 9.82 Å². The Kier molecular flexibility index (Phi) is 3.29. The van der Waals surface area contributed by atoms with Crippen molar-refractivity contribution in [2.45, 2.75) is 49.0 Å². The zero-order valence-electron chi connectivity index (χ0n) is 12.8. The standard InChI is InChI=1S/C16H20N2O4S/c19-18(20)14-1-3-15(4-2-14)23(21,22)17-16-8-11-5-12(9-16)7-13(6-11)10-16/h1-4,11-13,17H,5-10H2. The van der Waals surface area contributed by atoms with Crippen LogP contribution in [0.15, 0.2) is 29.2 Å². The van der Waals surface area contributed by atoms with E-state index in [1.807, 2.05) is 0 Å². The molecule has 0 unspecified atom stereocenters. The van der Waals surface area contributed by atoms with Crippen molar-refractivity contribution < 1.29 is 13.3 Å². The summed E-state index contributed by atoms with van der Waals surface area (Å²) in [6, 6.07) is 5.13. The lowest BCUT2D eigenvalue weighted by Gasteiger charge is -2.56. The first kappa shape index (κ1) is 15.1. The van der Waals surface area contributed by atoms with Crippen LogP contribution in [0.4, 0.5) is 5.69 Å². The zero-order valence-corrected chi connectivity index (χ0v) is 13.6. The Bertz CT molecular complexity index is 707. The van der Waals surface area contributed by atoms with Crippen LogP contribution in [0.25, 0.3) is 0 Å². The maximum Gasteiger partial charge on any atom is 0.269 e. The highest BCUT2D eigenvalue weighted by molar-refractivity contribution is 7.89. The lowest BCUT2D eigenvalue weighted by molar-refractivity contribution is -0.384. The fourth-order valence-electron chi connectivity index (χ4n) is 5.33. The molecule has 0 heterocycles. The third kappa shape index (κ3) is 2.65. The van der Waals surface area contributed by atoms with E-state index in [2.05, 4.69) is 4.72 Å². The molecule has 23 heavy (non-hydrogen) atoms. The van der Waals surface area contributed by atoms with Gasteiger partial charge in [0.25, 0.3) is 5.69 Å². The van der Waals surface area contributed by atoms with Gasteiger partial charge in [0, 0.05) is 17.7 Å². The van der Waals surface area contributed by atoms with E-state index < -0.39 is 14.9 Å². The monoisotopic (exact) mass is 336 g/mol. The van der Waals surface area contributed by atoms with Gasteiger partial charge in [-0.05, 0) is 68.4 Å². The summed E-state index contributed by atoms with van der Waals surface area (Å²) in [7, 11) is -3.64. The van der Waals surface area contributed by atoms with Crippen LogP contribution in [0.3, 0.4) is 0 Å². The molecule has 1 N–H and O–H groups in total. The Morgan fingerprint density at radius 1 is 1.00 bits per heavy atom. The Morgan fingerprint density at radius 2 is 1.48 bits per heavy atom. The number of rotatable bonds is 4. The summed E-state index contributed by atoms with van der Waals surface area (Å²) in [4.78, 5) is 10.3. The molecule has 0 atom stereocenters. The lowest BCUT2D eigenvalue weighted by atomic mass is 9.53. The molecule has 6 nitrogen and oxygen atoms in total. The Hall–Kier alpha value is -1.47. The minimum absolute atomic E-state index is 0.0984. The first-order valence-corrected chi connectivity index (χ1v) is 9.62. The fraction of sp³-hybridized carbons (Fsp3) is 0.625. The van der Waals surface area contributed by atoms with Gasteiger partial charge >= 0.3 is 0 Å². The first-order valence-electron chi connectivity index (χ1n) is 8.14. The van der Waals surface area contributed by atoms with E-state index in [1.165, 1.54) is 43.5 Å². The average molecular weight is 336 g/mol. The predicted octanol–water partition coefficient (Wildman–Crippen LogP) is 2.84. The Morgan fingerprint density at radius 3 is 1.91 bits per heavy atom. The van der Waals surface area contributed by atoms with Gasteiger partial charge in [-0.25, -0.2) is 13.1 Å². The molecule has 4 aliphatic carbocycles. The number of hydrogen-bond donors (Lipinski definition) is 1. The number of benzene rings is 1. The number of non-ortho nitro benzene ring substituents is 1. The van der Waals surface area contributed by atoms with E-state index in [0.29, 0.717) is 17.8 Å². The van der Waals surface area contributed by atoms with Crippen molar-refractivity contribution in [3.05, 3.63) is 34.4 Å². The van der Waals surface area contributed by atoms with Gasteiger partial charge in [-0.15, -0.1) is 0 Å². The van der Waals surface area contributed by atoms with Crippen molar-refractivity contribution in [1.82, 2.24) is 4.72 Å². The molecule has 1 aromatic rings. The smallest absolute Gasteiger partial charge is 0.258 e. The quantitative estimate of drug-likeness (QED) is 0.676.